The molecule has 1 amide bonds. The predicted molar refractivity (Wildman–Crippen MR) is 80.2 cm³/mol. The number of carbonyl (C=O) groups excluding carboxylic acids is 1. The molecule has 2 rings (SSSR count). The average Bonchev–Trinajstić information content (AvgIpc) is 2.77. The molecule has 1 saturated carbocycles. The molecule has 1 aliphatic carbocycles. The van der Waals surface area contributed by atoms with Crippen molar-refractivity contribution < 1.29 is 4.79 Å². The SMILES string of the molecule is O=C(Cc1ccc(Cl)c(Cl)c1)NCC1CCCC1Cl. The zero-order valence-electron chi connectivity index (χ0n) is 10.5. The maximum absolute atomic E-state index is 11.8. The number of benzene rings is 1. The average molecular weight is 321 g/mol. The van der Waals surface area contributed by atoms with Crippen molar-refractivity contribution in [3.8, 4) is 0 Å². The second kappa shape index (κ2) is 6.83. The Labute approximate surface area is 128 Å². The lowest BCUT2D eigenvalue weighted by Gasteiger charge is -2.14. The summed E-state index contributed by atoms with van der Waals surface area (Å²) in [5.74, 6) is 0.397. The Morgan fingerprint density at radius 1 is 1.26 bits per heavy atom. The normalized spacial score (nSPS) is 22.5. The molecule has 1 aliphatic rings. The Bertz CT molecular complexity index is 464. The monoisotopic (exact) mass is 319 g/mol. The highest BCUT2D eigenvalue weighted by atomic mass is 35.5. The number of halogens is 3. The van der Waals surface area contributed by atoms with Crippen LogP contribution in [0.1, 0.15) is 24.8 Å². The summed E-state index contributed by atoms with van der Waals surface area (Å²) >= 11 is 17.9. The molecule has 0 aliphatic heterocycles. The van der Waals surface area contributed by atoms with Crippen molar-refractivity contribution in [2.24, 2.45) is 5.92 Å². The molecule has 2 nitrogen and oxygen atoms in total. The van der Waals surface area contributed by atoms with Crippen LogP contribution in [0.4, 0.5) is 0 Å². The Balaban J connectivity index is 1.82. The van der Waals surface area contributed by atoms with Gasteiger partial charge in [0.1, 0.15) is 0 Å². The minimum Gasteiger partial charge on any atom is -0.355 e. The van der Waals surface area contributed by atoms with E-state index in [0.29, 0.717) is 28.9 Å². The largest absolute Gasteiger partial charge is 0.355 e. The summed E-state index contributed by atoms with van der Waals surface area (Å²) in [6.07, 6.45) is 3.62. The van der Waals surface area contributed by atoms with Gasteiger partial charge in [-0.1, -0.05) is 35.7 Å². The first kappa shape index (κ1) is 15.0. The van der Waals surface area contributed by atoms with Gasteiger partial charge in [0.2, 0.25) is 5.91 Å². The zero-order chi connectivity index (χ0) is 13.8. The molecule has 2 atom stereocenters. The molecule has 5 heteroatoms. The molecular formula is C14H16Cl3NO. The molecule has 1 aromatic rings. The second-order valence-electron chi connectivity index (χ2n) is 4.94. The van der Waals surface area contributed by atoms with Crippen molar-refractivity contribution in [1.29, 1.82) is 0 Å². The van der Waals surface area contributed by atoms with E-state index in [1.807, 2.05) is 6.07 Å². The number of hydrogen-bond donors (Lipinski definition) is 1. The highest BCUT2D eigenvalue weighted by Gasteiger charge is 2.25. The maximum Gasteiger partial charge on any atom is 0.224 e. The van der Waals surface area contributed by atoms with Crippen LogP contribution in [0, 0.1) is 5.92 Å². The van der Waals surface area contributed by atoms with E-state index in [1.165, 1.54) is 0 Å². The molecule has 1 N–H and O–H groups in total. The van der Waals surface area contributed by atoms with Gasteiger partial charge >= 0.3 is 0 Å². The Kier molecular flexibility index (Phi) is 5.37. The molecule has 1 aromatic carbocycles. The summed E-state index contributed by atoms with van der Waals surface area (Å²) in [4.78, 5) is 11.8. The van der Waals surface area contributed by atoms with Gasteiger partial charge in [0.25, 0.3) is 0 Å². The third-order valence-electron chi connectivity index (χ3n) is 3.48. The molecule has 0 radical (unpaired) electrons. The topological polar surface area (TPSA) is 29.1 Å². The first-order valence-electron chi connectivity index (χ1n) is 6.41. The highest BCUT2D eigenvalue weighted by molar-refractivity contribution is 6.42. The third kappa shape index (κ3) is 4.27. The summed E-state index contributed by atoms with van der Waals surface area (Å²) in [5, 5.41) is 4.11. The summed E-state index contributed by atoms with van der Waals surface area (Å²) < 4.78 is 0. The molecule has 0 heterocycles. The van der Waals surface area contributed by atoms with Crippen LogP contribution in [-0.2, 0) is 11.2 Å². The van der Waals surface area contributed by atoms with Gasteiger partial charge in [0.15, 0.2) is 0 Å². The van der Waals surface area contributed by atoms with Crippen LogP contribution in [0.2, 0.25) is 10.0 Å². The number of rotatable bonds is 4. The maximum atomic E-state index is 11.8. The van der Waals surface area contributed by atoms with Crippen molar-refractivity contribution in [3.05, 3.63) is 33.8 Å². The van der Waals surface area contributed by atoms with Crippen LogP contribution in [-0.4, -0.2) is 17.8 Å². The van der Waals surface area contributed by atoms with E-state index in [0.717, 1.165) is 24.8 Å². The van der Waals surface area contributed by atoms with Crippen LogP contribution in [0.3, 0.4) is 0 Å². The van der Waals surface area contributed by atoms with Gasteiger partial charge in [-0.25, -0.2) is 0 Å². The van der Waals surface area contributed by atoms with Gasteiger partial charge in [0, 0.05) is 11.9 Å². The number of hydrogen-bond acceptors (Lipinski definition) is 1. The summed E-state index contributed by atoms with van der Waals surface area (Å²) in [6.45, 7) is 0.661. The zero-order valence-corrected chi connectivity index (χ0v) is 12.7. The van der Waals surface area contributed by atoms with E-state index >= 15 is 0 Å². The standard InChI is InChI=1S/C14H16Cl3NO/c15-11-3-1-2-10(11)8-18-14(19)7-9-4-5-12(16)13(17)6-9/h4-6,10-11H,1-3,7-8H2,(H,18,19). The van der Waals surface area contributed by atoms with Crippen molar-refractivity contribution in [2.45, 2.75) is 31.1 Å². The lowest BCUT2D eigenvalue weighted by atomic mass is 10.1. The summed E-state index contributed by atoms with van der Waals surface area (Å²) in [5.41, 5.74) is 0.862. The van der Waals surface area contributed by atoms with Gasteiger partial charge in [-0.15, -0.1) is 11.6 Å². The molecule has 1 fully saturated rings. The van der Waals surface area contributed by atoms with Gasteiger partial charge < -0.3 is 5.32 Å². The minimum atomic E-state index is -0.00541. The van der Waals surface area contributed by atoms with Crippen LogP contribution in [0.25, 0.3) is 0 Å². The van der Waals surface area contributed by atoms with Crippen LogP contribution in [0.15, 0.2) is 18.2 Å². The number of alkyl halides is 1. The first-order valence-corrected chi connectivity index (χ1v) is 7.60. The van der Waals surface area contributed by atoms with Crippen molar-refractivity contribution in [1.82, 2.24) is 5.32 Å². The molecule has 0 bridgehead atoms. The fourth-order valence-corrected chi connectivity index (χ4v) is 3.05. The van der Waals surface area contributed by atoms with E-state index in [9.17, 15) is 4.79 Å². The fourth-order valence-electron chi connectivity index (χ4n) is 2.36. The molecule has 104 valence electrons. The molecule has 0 spiro atoms. The number of carbonyl (C=O) groups is 1. The van der Waals surface area contributed by atoms with Gasteiger partial charge in [-0.05, 0) is 36.5 Å². The third-order valence-corrected chi connectivity index (χ3v) is 4.79. The quantitative estimate of drug-likeness (QED) is 0.833. The van der Waals surface area contributed by atoms with E-state index in [1.54, 1.807) is 12.1 Å². The lowest BCUT2D eigenvalue weighted by Crippen LogP contribution is -2.32. The summed E-state index contributed by atoms with van der Waals surface area (Å²) in [7, 11) is 0. The van der Waals surface area contributed by atoms with Crippen LogP contribution >= 0.6 is 34.8 Å². The second-order valence-corrected chi connectivity index (χ2v) is 6.31. The predicted octanol–water partition coefficient (Wildman–Crippen LogP) is 4.06. The highest BCUT2D eigenvalue weighted by Crippen LogP contribution is 2.29. The summed E-state index contributed by atoms with van der Waals surface area (Å²) in [6, 6.07) is 5.25. The van der Waals surface area contributed by atoms with E-state index in [-0.39, 0.29) is 11.3 Å². The van der Waals surface area contributed by atoms with Crippen molar-refractivity contribution in [2.75, 3.05) is 6.54 Å². The van der Waals surface area contributed by atoms with Gasteiger partial charge in [0.05, 0.1) is 16.5 Å². The molecule has 19 heavy (non-hydrogen) atoms. The van der Waals surface area contributed by atoms with Gasteiger partial charge in [-0.3, -0.25) is 4.79 Å². The van der Waals surface area contributed by atoms with E-state index < -0.39 is 0 Å². The number of nitrogens with one attached hydrogen (secondary N) is 1. The molecule has 0 saturated heterocycles. The first-order chi connectivity index (χ1) is 9.06. The molecule has 0 aromatic heterocycles. The minimum absolute atomic E-state index is 0.00541. The number of amides is 1. The Morgan fingerprint density at radius 3 is 2.68 bits per heavy atom. The fraction of sp³-hybridized carbons (Fsp3) is 0.500. The van der Waals surface area contributed by atoms with Crippen molar-refractivity contribution >= 4 is 40.7 Å². The Hall–Kier alpha value is -0.440. The van der Waals surface area contributed by atoms with E-state index in [4.69, 9.17) is 34.8 Å². The Morgan fingerprint density at radius 2 is 2.05 bits per heavy atom. The van der Waals surface area contributed by atoms with Crippen molar-refractivity contribution in [3.63, 3.8) is 0 Å². The molecular weight excluding hydrogens is 305 g/mol. The smallest absolute Gasteiger partial charge is 0.224 e. The van der Waals surface area contributed by atoms with Crippen LogP contribution < -0.4 is 5.32 Å². The van der Waals surface area contributed by atoms with Crippen LogP contribution in [0.5, 0.6) is 0 Å². The van der Waals surface area contributed by atoms with Gasteiger partial charge in [-0.2, -0.15) is 0 Å². The van der Waals surface area contributed by atoms with E-state index in [2.05, 4.69) is 5.32 Å². The lowest BCUT2D eigenvalue weighted by molar-refractivity contribution is -0.120. The molecule has 2 unspecified atom stereocenters.